The largest absolute Gasteiger partial charge is 0.326 e. The van der Waals surface area contributed by atoms with Crippen LogP contribution in [0.25, 0.3) is 0 Å². The van der Waals surface area contributed by atoms with Gasteiger partial charge >= 0.3 is 0 Å². The number of carbonyl (C=O) groups is 3. The summed E-state index contributed by atoms with van der Waals surface area (Å²) in [6.45, 7) is 3.67. The van der Waals surface area contributed by atoms with Gasteiger partial charge in [-0.15, -0.1) is 0 Å². The Morgan fingerprint density at radius 3 is 2.21 bits per heavy atom. The molecular weight excluding hydrogens is 444 g/mol. The summed E-state index contributed by atoms with van der Waals surface area (Å²) in [6.07, 6.45) is 0.370. The maximum atomic E-state index is 12.2. The van der Waals surface area contributed by atoms with E-state index in [2.05, 4.69) is 37.4 Å². The fourth-order valence-electron chi connectivity index (χ4n) is 2.08. The van der Waals surface area contributed by atoms with Crippen molar-refractivity contribution in [2.75, 3.05) is 5.32 Å². The molecule has 7 nitrogen and oxygen atoms in total. The lowest BCUT2D eigenvalue weighted by atomic mass is 10.1. The van der Waals surface area contributed by atoms with Crippen LogP contribution in [0.4, 0.5) is 5.69 Å². The molecule has 0 bridgehead atoms. The number of aryl methyl sites for hydroxylation is 1. The minimum atomic E-state index is -0.442. The van der Waals surface area contributed by atoms with Gasteiger partial charge in [-0.2, -0.15) is 0 Å². The number of carbonyl (C=O) groups excluding carboxylic acids is 3. The van der Waals surface area contributed by atoms with Crippen molar-refractivity contribution >= 4 is 56.7 Å². The number of thiocarbonyl (C=S) groups is 1. The zero-order chi connectivity index (χ0) is 20.7. The number of hydrogen-bond donors (Lipinski definition) is 4. The molecule has 0 spiro atoms. The number of nitrogens with one attached hydrogen (secondary N) is 4. The average Bonchev–Trinajstić information content (AvgIpc) is 2.68. The van der Waals surface area contributed by atoms with Gasteiger partial charge in [0, 0.05) is 27.7 Å². The SMILES string of the molecule is CCC(=O)Nc1ccc(C(=O)NNC(=S)NC(=O)c2ccc(C)c(Br)c2)cc1. The molecule has 0 aliphatic rings. The Bertz CT molecular complexity index is 916. The third-order valence-electron chi connectivity index (χ3n) is 3.70. The molecule has 0 heterocycles. The molecule has 3 amide bonds. The van der Waals surface area contributed by atoms with Crippen LogP contribution >= 0.6 is 28.1 Å². The van der Waals surface area contributed by atoms with E-state index >= 15 is 0 Å². The van der Waals surface area contributed by atoms with Crippen LogP contribution in [0.2, 0.25) is 0 Å². The Kier molecular flexibility index (Phi) is 7.65. The summed E-state index contributed by atoms with van der Waals surface area (Å²) in [7, 11) is 0. The topological polar surface area (TPSA) is 99.3 Å². The molecule has 0 fully saturated rings. The molecule has 0 saturated carbocycles. The van der Waals surface area contributed by atoms with Crippen LogP contribution in [0.15, 0.2) is 46.9 Å². The number of rotatable bonds is 4. The van der Waals surface area contributed by atoms with Crippen LogP contribution in [0, 0.1) is 6.92 Å². The highest BCUT2D eigenvalue weighted by Crippen LogP contribution is 2.17. The second-order valence-electron chi connectivity index (χ2n) is 5.81. The molecule has 146 valence electrons. The molecule has 0 atom stereocenters. The van der Waals surface area contributed by atoms with Gasteiger partial charge < -0.3 is 5.32 Å². The van der Waals surface area contributed by atoms with Gasteiger partial charge in [-0.3, -0.25) is 30.6 Å². The lowest BCUT2D eigenvalue weighted by Crippen LogP contribution is -2.48. The summed E-state index contributed by atoms with van der Waals surface area (Å²) >= 11 is 8.39. The van der Waals surface area contributed by atoms with Crippen LogP contribution < -0.4 is 21.5 Å². The summed E-state index contributed by atoms with van der Waals surface area (Å²) in [5.41, 5.74) is 7.28. The lowest BCUT2D eigenvalue weighted by molar-refractivity contribution is -0.115. The van der Waals surface area contributed by atoms with Gasteiger partial charge in [0.05, 0.1) is 0 Å². The second kappa shape index (κ2) is 9.95. The Morgan fingerprint density at radius 2 is 1.61 bits per heavy atom. The number of benzene rings is 2. The van der Waals surface area contributed by atoms with Gasteiger partial charge in [0.2, 0.25) is 5.91 Å². The Hall–Kier alpha value is -2.78. The highest BCUT2D eigenvalue weighted by Gasteiger charge is 2.11. The zero-order valence-corrected chi connectivity index (χ0v) is 17.7. The molecule has 0 aliphatic heterocycles. The molecular formula is C19H19BrN4O3S. The van der Waals surface area contributed by atoms with Crippen LogP contribution in [0.1, 0.15) is 39.6 Å². The standard InChI is InChI=1S/C19H19BrN4O3S/c1-3-16(25)21-14-8-6-12(7-9-14)18(27)23-24-19(28)22-17(26)13-5-4-11(2)15(20)10-13/h4-10H,3H2,1-2H3,(H,21,25)(H,23,27)(H2,22,24,26,28). The summed E-state index contributed by atoms with van der Waals surface area (Å²) in [6, 6.07) is 11.5. The molecule has 2 aromatic rings. The monoisotopic (exact) mass is 462 g/mol. The number of anilines is 1. The first-order valence-electron chi connectivity index (χ1n) is 8.38. The molecule has 4 N–H and O–H groups in total. The highest BCUT2D eigenvalue weighted by molar-refractivity contribution is 9.10. The van der Waals surface area contributed by atoms with E-state index in [4.69, 9.17) is 12.2 Å². The van der Waals surface area contributed by atoms with Gasteiger partial charge in [0.25, 0.3) is 11.8 Å². The fourth-order valence-corrected chi connectivity index (χ4v) is 2.60. The molecule has 2 aromatic carbocycles. The maximum Gasteiger partial charge on any atom is 0.269 e. The van der Waals surface area contributed by atoms with Crippen molar-refractivity contribution in [2.24, 2.45) is 0 Å². The van der Waals surface area contributed by atoms with E-state index in [1.165, 1.54) is 0 Å². The number of halogens is 1. The van der Waals surface area contributed by atoms with Crippen LogP contribution in [-0.4, -0.2) is 22.8 Å². The normalized spacial score (nSPS) is 9.96. The summed E-state index contributed by atoms with van der Waals surface area (Å²) in [4.78, 5) is 35.7. The molecule has 0 unspecified atom stereocenters. The van der Waals surface area contributed by atoms with Crippen molar-refractivity contribution < 1.29 is 14.4 Å². The van der Waals surface area contributed by atoms with E-state index in [-0.39, 0.29) is 11.0 Å². The van der Waals surface area contributed by atoms with E-state index in [1.807, 2.05) is 13.0 Å². The van der Waals surface area contributed by atoms with Gasteiger partial charge in [0.15, 0.2) is 5.11 Å². The van der Waals surface area contributed by atoms with E-state index in [0.717, 1.165) is 10.0 Å². The minimum absolute atomic E-state index is 0.0399. The van der Waals surface area contributed by atoms with Gasteiger partial charge in [0.1, 0.15) is 0 Å². The molecule has 2 rings (SSSR count). The van der Waals surface area contributed by atoms with E-state index in [9.17, 15) is 14.4 Å². The first-order valence-corrected chi connectivity index (χ1v) is 9.58. The van der Waals surface area contributed by atoms with Crippen molar-refractivity contribution in [1.82, 2.24) is 16.2 Å². The Morgan fingerprint density at radius 1 is 0.964 bits per heavy atom. The van der Waals surface area contributed by atoms with Crippen LogP contribution in [0.5, 0.6) is 0 Å². The molecule has 9 heteroatoms. The minimum Gasteiger partial charge on any atom is -0.326 e. The fraction of sp³-hybridized carbons (Fsp3) is 0.158. The molecule has 0 aliphatic carbocycles. The summed E-state index contributed by atoms with van der Waals surface area (Å²) < 4.78 is 0.811. The van der Waals surface area contributed by atoms with Gasteiger partial charge in [-0.05, 0) is 61.1 Å². The maximum absolute atomic E-state index is 12.2. The highest BCUT2D eigenvalue weighted by atomic mass is 79.9. The second-order valence-corrected chi connectivity index (χ2v) is 7.07. The van der Waals surface area contributed by atoms with Crippen molar-refractivity contribution in [3.63, 3.8) is 0 Å². The number of hydrazine groups is 1. The van der Waals surface area contributed by atoms with Crippen molar-refractivity contribution in [3.05, 3.63) is 63.6 Å². The van der Waals surface area contributed by atoms with E-state index in [0.29, 0.717) is 23.2 Å². The number of amides is 3. The van der Waals surface area contributed by atoms with Crippen LogP contribution in [0.3, 0.4) is 0 Å². The van der Waals surface area contributed by atoms with Gasteiger partial charge in [-0.1, -0.05) is 28.9 Å². The molecule has 0 aromatic heterocycles. The third kappa shape index (κ3) is 6.14. The third-order valence-corrected chi connectivity index (χ3v) is 4.76. The average molecular weight is 463 g/mol. The molecule has 0 radical (unpaired) electrons. The van der Waals surface area contributed by atoms with E-state index in [1.54, 1.807) is 43.3 Å². The summed E-state index contributed by atoms with van der Waals surface area (Å²) in [5, 5.41) is 5.14. The predicted octanol–water partition coefficient (Wildman–Crippen LogP) is 3.06. The molecule has 28 heavy (non-hydrogen) atoms. The quantitative estimate of drug-likeness (QED) is 0.413. The number of hydrogen-bond acceptors (Lipinski definition) is 4. The van der Waals surface area contributed by atoms with Crippen LogP contribution in [-0.2, 0) is 4.79 Å². The Labute approximate surface area is 176 Å². The zero-order valence-electron chi connectivity index (χ0n) is 15.3. The van der Waals surface area contributed by atoms with Crippen molar-refractivity contribution in [1.29, 1.82) is 0 Å². The first kappa shape index (κ1) is 21.5. The summed E-state index contributed by atoms with van der Waals surface area (Å²) in [5.74, 6) is -0.952. The first-order chi connectivity index (χ1) is 13.3. The Balaban J connectivity index is 1.86. The lowest BCUT2D eigenvalue weighted by Gasteiger charge is -2.11. The van der Waals surface area contributed by atoms with Crippen molar-refractivity contribution in [2.45, 2.75) is 20.3 Å². The smallest absolute Gasteiger partial charge is 0.269 e. The molecule has 0 saturated heterocycles. The predicted molar refractivity (Wildman–Crippen MR) is 115 cm³/mol. The van der Waals surface area contributed by atoms with Crippen molar-refractivity contribution in [3.8, 4) is 0 Å². The van der Waals surface area contributed by atoms with E-state index < -0.39 is 11.8 Å². The van der Waals surface area contributed by atoms with Gasteiger partial charge in [-0.25, -0.2) is 0 Å².